The maximum Gasteiger partial charge on any atom is 0.174 e. The molecular formula is C18H25ClO2S. The molecule has 2 unspecified atom stereocenters. The van der Waals surface area contributed by atoms with E-state index in [0.29, 0.717) is 6.61 Å². The van der Waals surface area contributed by atoms with Crippen molar-refractivity contribution in [2.24, 2.45) is 11.8 Å². The lowest BCUT2D eigenvalue weighted by molar-refractivity contribution is 0.0496. The number of ether oxygens (including phenoxy) is 1. The predicted molar refractivity (Wildman–Crippen MR) is 96.2 cm³/mol. The molecule has 1 aromatic carbocycles. The summed E-state index contributed by atoms with van der Waals surface area (Å²) in [6.45, 7) is 6.50. The van der Waals surface area contributed by atoms with Crippen molar-refractivity contribution in [3.8, 4) is 5.06 Å². The number of aliphatic hydroxyl groups is 1. The number of benzene rings is 1. The Kier molecular flexibility index (Phi) is 6.54. The SMILES string of the molecule is CCC[C@@H](C(C)Cl)C(COc1cc2ccccc2s1)[C@@H](C)O. The number of hydrogen-bond acceptors (Lipinski definition) is 3. The van der Waals surface area contributed by atoms with Gasteiger partial charge < -0.3 is 9.84 Å². The first-order valence-electron chi connectivity index (χ1n) is 7.96. The lowest BCUT2D eigenvalue weighted by Gasteiger charge is -2.30. The lowest BCUT2D eigenvalue weighted by atomic mass is 9.83. The van der Waals surface area contributed by atoms with Crippen molar-refractivity contribution in [2.45, 2.75) is 45.1 Å². The van der Waals surface area contributed by atoms with Crippen molar-refractivity contribution >= 4 is 33.0 Å². The molecule has 1 heterocycles. The second kappa shape index (κ2) is 8.19. The Hall–Kier alpha value is -0.770. The minimum Gasteiger partial charge on any atom is -0.484 e. The number of alkyl halides is 1. The van der Waals surface area contributed by atoms with Crippen molar-refractivity contribution in [2.75, 3.05) is 6.61 Å². The fourth-order valence-electron chi connectivity index (χ4n) is 2.95. The quantitative estimate of drug-likeness (QED) is 0.659. The minimum atomic E-state index is -0.424. The fourth-order valence-corrected chi connectivity index (χ4v) is 4.18. The molecule has 2 nitrogen and oxygen atoms in total. The molecule has 0 radical (unpaired) electrons. The molecule has 0 amide bonds. The zero-order chi connectivity index (χ0) is 16.1. The number of halogens is 1. The zero-order valence-corrected chi connectivity index (χ0v) is 15.0. The third-order valence-corrected chi connectivity index (χ3v) is 5.55. The third-order valence-electron chi connectivity index (χ3n) is 4.20. The van der Waals surface area contributed by atoms with Crippen LogP contribution in [0.5, 0.6) is 5.06 Å². The molecule has 0 aliphatic rings. The van der Waals surface area contributed by atoms with Gasteiger partial charge >= 0.3 is 0 Å². The molecule has 2 rings (SSSR count). The summed E-state index contributed by atoms with van der Waals surface area (Å²) in [6, 6.07) is 10.3. The Morgan fingerprint density at radius 3 is 2.55 bits per heavy atom. The maximum atomic E-state index is 10.1. The monoisotopic (exact) mass is 340 g/mol. The number of aliphatic hydroxyl groups excluding tert-OH is 1. The molecule has 2 aromatic rings. The summed E-state index contributed by atoms with van der Waals surface area (Å²) >= 11 is 7.99. The molecule has 0 bridgehead atoms. The van der Waals surface area contributed by atoms with Gasteiger partial charge in [0, 0.05) is 16.0 Å². The first-order valence-corrected chi connectivity index (χ1v) is 9.21. The van der Waals surface area contributed by atoms with E-state index in [1.165, 1.54) is 10.1 Å². The van der Waals surface area contributed by atoms with Crippen molar-refractivity contribution in [3.63, 3.8) is 0 Å². The predicted octanol–water partition coefficient (Wildman–Crippen LogP) is 5.32. The van der Waals surface area contributed by atoms with E-state index in [4.69, 9.17) is 16.3 Å². The van der Waals surface area contributed by atoms with Gasteiger partial charge in [-0.1, -0.05) is 42.9 Å². The summed E-state index contributed by atoms with van der Waals surface area (Å²) < 4.78 is 7.22. The fraction of sp³-hybridized carbons (Fsp3) is 0.556. The van der Waals surface area contributed by atoms with Gasteiger partial charge in [0.15, 0.2) is 5.06 Å². The normalized spacial score (nSPS) is 17.1. The Bertz CT molecular complexity index is 546. The largest absolute Gasteiger partial charge is 0.484 e. The average Bonchev–Trinajstić information content (AvgIpc) is 2.88. The number of hydrogen-bond donors (Lipinski definition) is 1. The van der Waals surface area contributed by atoms with Crippen LogP contribution in [0, 0.1) is 11.8 Å². The van der Waals surface area contributed by atoms with Crippen LogP contribution in [0.2, 0.25) is 0 Å². The van der Waals surface area contributed by atoms with Gasteiger partial charge in [-0.3, -0.25) is 0 Å². The van der Waals surface area contributed by atoms with Crippen LogP contribution in [0.1, 0.15) is 33.6 Å². The topological polar surface area (TPSA) is 29.5 Å². The van der Waals surface area contributed by atoms with E-state index in [0.717, 1.165) is 17.9 Å². The number of fused-ring (bicyclic) bond motifs is 1. The minimum absolute atomic E-state index is 0.0329. The smallest absolute Gasteiger partial charge is 0.174 e. The Morgan fingerprint density at radius 2 is 1.95 bits per heavy atom. The first kappa shape index (κ1) is 17.6. The van der Waals surface area contributed by atoms with Crippen LogP contribution in [0.15, 0.2) is 30.3 Å². The van der Waals surface area contributed by atoms with Crippen LogP contribution < -0.4 is 4.74 Å². The standard InChI is InChI=1S/C18H25ClO2S/c1-4-7-15(12(2)19)16(13(3)20)11-21-18-10-14-8-5-6-9-17(14)22-18/h5-6,8-10,12-13,15-16,20H,4,7,11H2,1-3H3/t12?,13-,15+,16?/m1/s1. The molecule has 0 fully saturated rings. The average molecular weight is 341 g/mol. The summed E-state index contributed by atoms with van der Waals surface area (Å²) in [6.07, 6.45) is 1.65. The van der Waals surface area contributed by atoms with Gasteiger partial charge in [-0.05, 0) is 43.7 Å². The second-order valence-electron chi connectivity index (χ2n) is 5.95. The van der Waals surface area contributed by atoms with Gasteiger partial charge in [-0.15, -0.1) is 11.6 Å². The summed E-state index contributed by atoms with van der Waals surface area (Å²) in [7, 11) is 0. The van der Waals surface area contributed by atoms with Gasteiger partial charge in [-0.25, -0.2) is 0 Å². The van der Waals surface area contributed by atoms with E-state index < -0.39 is 6.10 Å². The highest BCUT2D eigenvalue weighted by Gasteiger charge is 2.29. The highest BCUT2D eigenvalue weighted by Crippen LogP contribution is 2.33. The molecule has 1 aromatic heterocycles. The van der Waals surface area contributed by atoms with Crippen LogP contribution in [-0.2, 0) is 0 Å². The molecule has 0 saturated heterocycles. The van der Waals surface area contributed by atoms with Crippen molar-refractivity contribution < 1.29 is 9.84 Å². The molecule has 4 heteroatoms. The zero-order valence-electron chi connectivity index (χ0n) is 13.5. The van der Waals surface area contributed by atoms with E-state index in [-0.39, 0.29) is 17.2 Å². The van der Waals surface area contributed by atoms with Crippen LogP contribution in [-0.4, -0.2) is 23.2 Å². The van der Waals surface area contributed by atoms with Crippen LogP contribution in [0.3, 0.4) is 0 Å². The number of thiophene rings is 1. The van der Waals surface area contributed by atoms with Crippen LogP contribution in [0.25, 0.3) is 10.1 Å². The summed E-state index contributed by atoms with van der Waals surface area (Å²) in [5.41, 5.74) is 0. The molecule has 0 aliphatic carbocycles. The molecule has 22 heavy (non-hydrogen) atoms. The van der Waals surface area contributed by atoms with Crippen molar-refractivity contribution in [1.29, 1.82) is 0 Å². The van der Waals surface area contributed by atoms with Gasteiger partial charge in [0.1, 0.15) is 0 Å². The molecule has 0 saturated carbocycles. The molecule has 122 valence electrons. The van der Waals surface area contributed by atoms with E-state index in [2.05, 4.69) is 25.1 Å². The molecule has 0 aliphatic heterocycles. The maximum absolute atomic E-state index is 10.1. The van der Waals surface area contributed by atoms with E-state index in [1.54, 1.807) is 11.3 Å². The van der Waals surface area contributed by atoms with Gasteiger partial charge in [0.2, 0.25) is 0 Å². The van der Waals surface area contributed by atoms with Crippen LogP contribution >= 0.6 is 22.9 Å². The number of rotatable bonds is 8. The molecule has 1 N–H and O–H groups in total. The van der Waals surface area contributed by atoms with Gasteiger partial charge in [0.25, 0.3) is 0 Å². The Balaban J connectivity index is 2.07. The third kappa shape index (κ3) is 4.37. The molecular weight excluding hydrogens is 316 g/mol. The summed E-state index contributed by atoms with van der Waals surface area (Å²) in [5.74, 6) is 0.318. The van der Waals surface area contributed by atoms with E-state index >= 15 is 0 Å². The molecule has 4 atom stereocenters. The molecule has 0 spiro atoms. The van der Waals surface area contributed by atoms with E-state index in [9.17, 15) is 5.11 Å². The van der Waals surface area contributed by atoms with E-state index in [1.807, 2.05) is 26.0 Å². The van der Waals surface area contributed by atoms with Crippen LogP contribution in [0.4, 0.5) is 0 Å². The second-order valence-corrected chi connectivity index (χ2v) is 7.68. The Labute approximate surface area is 142 Å². The highest BCUT2D eigenvalue weighted by molar-refractivity contribution is 7.20. The highest BCUT2D eigenvalue weighted by atomic mass is 35.5. The van der Waals surface area contributed by atoms with Crippen molar-refractivity contribution in [3.05, 3.63) is 30.3 Å². The summed E-state index contributed by atoms with van der Waals surface area (Å²) in [5, 5.41) is 12.3. The van der Waals surface area contributed by atoms with Crippen molar-refractivity contribution in [1.82, 2.24) is 0 Å². The first-order chi connectivity index (χ1) is 10.5. The van der Waals surface area contributed by atoms with Gasteiger partial charge in [0.05, 0.1) is 12.7 Å². The Morgan fingerprint density at radius 1 is 1.23 bits per heavy atom. The van der Waals surface area contributed by atoms with Gasteiger partial charge in [-0.2, -0.15) is 0 Å². The lowest BCUT2D eigenvalue weighted by Crippen LogP contribution is -2.35. The summed E-state index contributed by atoms with van der Waals surface area (Å²) in [4.78, 5) is 0.